The molecular weight excluding hydrogens is 382 g/mol. The second kappa shape index (κ2) is 8.27. The summed E-state index contributed by atoms with van der Waals surface area (Å²) in [5, 5.41) is 13.9. The van der Waals surface area contributed by atoms with Gasteiger partial charge in [-0.2, -0.15) is 4.98 Å². The van der Waals surface area contributed by atoms with Crippen molar-refractivity contribution in [3.05, 3.63) is 95.0 Å². The largest absolute Gasteiger partial charge is 0.457 e. The summed E-state index contributed by atoms with van der Waals surface area (Å²) in [6.45, 7) is 0. The van der Waals surface area contributed by atoms with Crippen molar-refractivity contribution in [2.75, 3.05) is 11.1 Å². The smallest absolute Gasteiger partial charge is 0.269 e. The van der Waals surface area contributed by atoms with Gasteiger partial charge in [-0.15, -0.1) is 0 Å². The van der Waals surface area contributed by atoms with Crippen LogP contribution in [0.4, 0.5) is 23.1 Å². The third-order valence-electron chi connectivity index (χ3n) is 4.22. The van der Waals surface area contributed by atoms with Gasteiger partial charge in [0.1, 0.15) is 17.3 Å². The maximum absolute atomic E-state index is 10.7. The van der Waals surface area contributed by atoms with Gasteiger partial charge in [-0.3, -0.25) is 10.1 Å². The highest BCUT2D eigenvalue weighted by Crippen LogP contribution is 2.27. The van der Waals surface area contributed by atoms with Gasteiger partial charge in [0.2, 0.25) is 5.95 Å². The minimum atomic E-state index is -0.451. The van der Waals surface area contributed by atoms with E-state index in [0.717, 1.165) is 16.9 Å². The van der Waals surface area contributed by atoms with Crippen LogP contribution in [-0.2, 0) is 0 Å². The fourth-order valence-corrected chi connectivity index (χ4v) is 2.81. The number of anilines is 3. The van der Waals surface area contributed by atoms with Gasteiger partial charge in [0.05, 0.1) is 10.6 Å². The Morgan fingerprint density at radius 3 is 2.13 bits per heavy atom. The molecular formula is C22H17N5O3. The highest BCUT2D eigenvalue weighted by Gasteiger charge is 2.07. The van der Waals surface area contributed by atoms with Crippen LogP contribution in [0.3, 0.4) is 0 Å². The van der Waals surface area contributed by atoms with E-state index in [4.69, 9.17) is 10.5 Å². The predicted molar refractivity (Wildman–Crippen MR) is 115 cm³/mol. The summed E-state index contributed by atoms with van der Waals surface area (Å²) < 4.78 is 5.72. The van der Waals surface area contributed by atoms with E-state index in [1.807, 2.05) is 48.5 Å². The maximum Gasteiger partial charge on any atom is 0.269 e. The fourth-order valence-electron chi connectivity index (χ4n) is 2.81. The first-order valence-electron chi connectivity index (χ1n) is 9.06. The SMILES string of the molecule is Nc1nc(Nc2ccc(Oc3ccc([N+](=O)[O-])cc3)cc2)cc(-c2ccccc2)n1. The van der Waals surface area contributed by atoms with Crippen LogP contribution >= 0.6 is 0 Å². The number of nitrogens with two attached hydrogens (primary N) is 1. The topological polar surface area (TPSA) is 116 Å². The summed E-state index contributed by atoms with van der Waals surface area (Å²) >= 11 is 0. The third kappa shape index (κ3) is 4.50. The molecule has 0 atom stereocenters. The number of rotatable bonds is 6. The Labute approximate surface area is 172 Å². The summed E-state index contributed by atoms with van der Waals surface area (Å²) in [6.07, 6.45) is 0. The minimum absolute atomic E-state index is 0.0147. The molecule has 148 valence electrons. The first kappa shape index (κ1) is 18.9. The molecule has 0 radical (unpaired) electrons. The van der Waals surface area contributed by atoms with Crippen molar-refractivity contribution in [2.45, 2.75) is 0 Å². The molecule has 0 fully saturated rings. The Morgan fingerprint density at radius 1 is 0.867 bits per heavy atom. The molecule has 0 amide bonds. The van der Waals surface area contributed by atoms with Gasteiger partial charge < -0.3 is 15.8 Å². The normalized spacial score (nSPS) is 10.4. The number of nitrogens with zero attached hydrogens (tertiary/aromatic N) is 3. The lowest BCUT2D eigenvalue weighted by Gasteiger charge is -2.10. The third-order valence-corrected chi connectivity index (χ3v) is 4.22. The molecule has 8 heteroatoms. The molecule has 4 aromatic rings. The second-order valence-electron chi connectivity index (χ2n) is 6.37. The van der Waals surface area contributed by atoms with E-state index in [1.165, 1.54) is 12.1 Å². The van der Waals surface area contributed by atoms with E-state index >= 15 is 0 Å². The molecule has 0 saturated heterocycles. The Kier molecular flexibility index (Phi) is 5.21. The zero-order valence-corrected chi connectivity index (χ0v) is 15.7. The Balaban J connectivity index is 1.47. The van der Waals surface area contributed by atoms with Crippen molar-refractivity contribution in [1.29, 1.82) is 0 Å². The molecule has 4 rings (SSSR count). The van der Waals surface area contributed by atoms with Crippen LogP contribution in [0.25, 0.3) is 11.3 Å². The zero-order chi connectivity index (χ0) is 20.9. The lowest BCUT2D eigenvalue weighted by atomic mass is 10.1. The first-order valence-corrected chi connectivity index (χ1v) is 9.06. The average Bonchev–Trinajstić information content (AvgIpc) is 2.76. The van der Waals surface area contributed by atoms with E-state index in [1.54, 1.807) is 24.3 Å². The number of aromatic nitrogens is 2. The van der Waals surface area contributed by atoms with Gasteiger partial charge in [0, 0.05) is 29.4 Å². The highest BCUT2D eigenvalue weighted by molar-refractivity contribution is 5.67. The number of hydrogen-bond acceptors (Lipinski definition) is 7. The summed E-state index contributed by atoms with van der Waals surface area (Å²) in [7, 11) is 0. The quantitative estimate of drug-likeness (QED) is 0.339. The van der Waals surface area contributed by atoms with Crippen LogP contribution in [0.15, 0.2) is 84.9 Å². The van der Waals surface area contributed by atoms with Gasteiger partial charge in [0.25, 0.3) is 5.69 Å². The van der Waals surface area contributed by atoms with E-state index < -0.39 is 4.92 Å². The van der Waals surface area contributed by atoms with Crippen LogP contribution in [0.5, 0.6) is 11.5 Å². The Bertz CT molecular complexity index is 1160. The summed E-state index contributed by atoms with van der Waals surface area (Å²) in [4.78, 5) is 18.8. The van der Waals surface area contributed by atoms with Crippen molar-refractivity contribution in [1.82, 2.24) is 9.97 Å². The van der Waals surface area contributed by atoms with Gasteiger partial charge in [-0.1, -0.05) is 30.3 Å². The van der Waals surface area contributed by atoms with E-state index in [-0.39, 0.29) is 11.6 Å². The summed E-state index contributed by atoms with van der Waals surface area (Å²) in [5.41, 5.74) is 8.35. The number of nitrogen functional groups attached to an aromatic ring is 1. The van der Waals surface area contributed by atoms with Crippen molar-refractivity contribution in [2.24, 2.45) is 0 Å². The molecule has 0 unspecified atom stereocenters. The molecule has 0 aliphatic rings. The fraction of sp³-hybridized carbons (Fsp3) is 0. The lowest BCUT2D eigenvalue weighted by Crippen LogP contribution is -2.01. The molecule has 0 saturated carbocycles. The average molecular weight is 399 g/mol. The van der Waals surface area contributed by atoms with Crippen molar-refractivity contribution < 1.29 is 9.66 Å². The summed E-state index contributed by atoms with van der Waals surface area (Å²) in [5.74, 6) is 1.86. The summed E-state index contributed by atoms with van der Waals surface area (Å²) in [6, 6.07) is 24.7. The van der Waals surface area contributed by atoms with Crippen LogP contribution in [0.2, 0.25) is 0 Å². The maximum atomic E-state index is 10.7. The number of benzene rings is 3. The highest BCUT2D eigenvalue weighted by atomic mass is 16.6. The van der Waals surface area contributed by atoms with E-state index in [2.05, 4.69) is 15.3 Å². The van der Waals surface area contributed by atoms with Crippen LogP contribution in [0, 0.1) is 10.1 Å². The molecule has 0 bridgehead atoms. The zero-order valence-electron chi connectivity index (χ0n) is 15.7. The molecule has 0 spiro atoms. The number of nitro benzene ring substituents is 1. The molecule has 1 aromatic heterocycles. The molecule has 3 N–H and O–H groups in total. The van der Waals surface area contributed by atoms with Crippen molar-refractivity contribution in [3.8, 4) is 22.8 Å². The van der Waals surface area contributed by atoms with Crippen molar-refractivity contribution >= 4 is 23.1 Å². The van der Waals surface area contributed by atoms with Crippen molar-refractivity contribution in [3.63, 3.8) is 0 Å². The van der Waals surface area contributed by atoms with Crippen LogP contribution < -0.4 is 15.8 Å². The lowest BCUT2D eigenvalue weighted by molar-refractivity contribution is -0.384. The number of ether oxygens (including phenoxy) is 1. The minimum Gasteiger partial charge on any atom is -0.457 e. The second-order valence-corrected chi connectivity index (χ2v) is 6.37. The number of nitro groups is 1. The van der Waals surface area contributed by atoms with Gasteiger partial charge >= 0.3 is 0 Å². The number of hydrogen-bond donors (Lipinski definition) is 2. The Hall–Kier alpha value is -4.46. The molecule has 8 nitrogen and oxygen atoms in total. The molecule has 30 heavy (non-hydrogen) atoms. The van der Waals surface area contributed by atoms with E-state index in [9.17, 15) is 10.1 Å². The number of non-ortho nitro benzene ring substituents is 1. The molecule has 0 aliphatic heterocycles. The van der Waals surface area contributed by atoms with Gasteiger partial charge in [-0.25, -0.2) is 4.98 Å². The number of nitrogens with one attached hydrogen (secondary N) is 1. The van der Waals surface area contributed by atoms with Crippen LogP contribution in [-0.4, -0.2) is 14.9 Å². The molecule has 3 aromatic carbocycles. The molecule has 1 heterocycles. The van der Waals surface area contributed by atoms with Crippen LogP contribution in [0.1, 0.15) is 0 Å². The monoisotopic (exact) mass is 399 g/mol. The Morgan fingerprint density at radius 2 is 1.50 bits per heavy atom. The van der Waals surface area contributed by atoms with Gasteiger partial charge in [-0.05, 0) is 36.4 Å². The van der Waals surface area contributed by atoms with Gasteiger partial charge in [0.15, 0.2) is 0 Å². The standard InChI is InChI=1S/C22H17N5O3/c23-22-25-20(15-4-2-1-3-5-15)14-21(26-22)24-16-6-10-18(11-7-16)30-19-12-8-17(9-13-19)27(28)29/h1-14H,(H3,23,24,25,26). The first-order chi connectivity index (χ1) is 14.6. The molecule has 0 aliphatic carbocycles. The van der Waals surface area contributed by atoms with E-state index in [0.29, 0.717) is 17.3 Å². The predicted octanol–water partition coefficient (Wildman–Crippen LogP) is 5.17.